The average Bonchev–Trinajstić information content (AvgIpc) is 2.99. The van der Waals surface area contributed by atoms with Crippen molar-refractivity contribution in [2.75, 3.05) is 12.8 Å². The Balaban J connectivity index is 1.86. The largest absolute Gasteiger partial charge is 0.337 e. The van der Waals surface area contributed by atoms with Crippen LogP contribution in [0.5, 0.6) is 0 Å². The molecule has 0 bridgehead atoms. The highest BCUT2D eigenvalue weighted by Crippen LogP contribution is 2.06. The molecule has 0 aliphatic heterocycles. The van der Waals surface area contributed by atoms with E-state index in [4.69, 9.17) is 4.52 Å². The number of aromatic nitrogens is 3. The Morgan fingerprint density at radius 3 is 2.86 bits per heavy atom. The first-order valence-electron chi connectivity index (χ1n) is 6.95. The molecule has 22 heavy (non-hydrogen) atoms. The van der Waals surface area contributed by atoms with E-state index in [0.29, 0.717) is 30.6 Å². The second kappa shape index (κ2) is 8.38. The van der Waals surface area contributed by atoms with Gasteiger partial charge >= 0.3 is 6.03 Å². The first-order chi connectivity index (χ1) is 10.7. The van der Waals surface area contributed by atoms with Crippen LogP contribution in [0.25, 0.3) is 0 Å². The van der Waals surface area contributed by atoms with E-state index in [0.717, 1.165) is 5.56 Å². The van der Waals surface area contributed by atoms with Crippen LogP contribution in [0.15, 0.2) is 29.0 Å². The predicted octanol–water partition coefficient (Wildman–Crippen LogP) is 2.06. The summed E-state index contributed by atoms with van der Waals surface area (Å²) in [7, 11) is 0. The molecule has 0 radical (unpaired) electrons. The second-order valence-electron chi connectivity index (χ2n) is 4.57. The zero-order valence-corrected chi connectivity index (χ0v) is 13.5. The van der Waals surface area contributed by atoms with Crippen LogP contribution >= 0.6 is 11.8 Å². The minimum atomic E-state index is -0.163. The third-order valence-corrected chi connectivity index (χ3v) is 3.51. The van der Waals surface area contributed by atoms with Crippen molar-refractivity contribution in [2.24, 2.45) is 0 Å². The maximum Gasteiger partial charge on any atom is 0.318 e. The van der Waals surface area contributed by atoms with Gasteiger partial charge < -0.3 is 14.7 Å². The van der Waals surface area contributed by atoms with Gasteiger partial charge in [0.05, 0.1) is 12.3 Å². The fraction of sp³-hybridized carbons (Fsp3) is 0.429. The van der Waals surface area contributed by atoms with E-state index < -0.39 is 0 Å². The van der Waals surface area contributed by atoms with E-state index in [1.807, 2.05) is 25.3 Å². The number of pyridine rings is 1. The molecule has 0 aromatic carbocycles. The Morgan fingerprint density at radius 1 is 1.41 bits per heavy atom. The second-order valence-corrected chi connectivity index (χ2v) is 5.43. The fourth-order valence-electron chi connectivity index (χ4n) is 1.85. The van der Waals surface area contributed by atoms with Crippen molar-refractivity contribution in [1.29, 1.82) is 0 Å². The summed E-state index contributed by atoms with van der Waals surface area (Å²) >= 11 is 1.62. The lowest BCUT2D eigenvalue weighted by Gasteiger charge is -2.20. The molecular weight excluding hydrogens is 302 g/mol. The summed E-state index contributed by atoms with van der Waals surface area (Å²) in [6.07, 6.45) is 5.40. The maximum absolute atomic E-state index is 12.2. The molecule has 0 aliphatic carbocycles. The molecule has 0 aliphatic rings. The van der Waals surface area contributed by atoms with Gasteiger partial charge in [0, 0.05) is 25.5 Å². The minimum absolute atomic E-state index is 0.163. The Morgan fingerprint density at radius 2 is 2.18 bits per heavy atom. The summed E-state index contributed by atoms with van der Waals surface area (Å²) in [5.41, 5.74) is 1.03. The van der Waals surface area contributed by atoms with E-state index in [9.17, 15) is 4.79 Å². The quantitative estimate of drug-likeness (QED) is 0.840. The number of hydrogen-bond acceptors (Lipinski definition) is 6. The van der Waals surface area contributed by atoms with Gasteiger partial charge in [-0.25, -0.2) is 4.79 Å². The zero-order valence-electron chi connectivity index (χ0n) is 12.7. The number of nitrogens with one attached hydrogen (secondary N) is 1. The van der Waals surface area contributed by atoms with Crippen molar-refractivity contribution in [2.45, 2.75) is 25.8 Å². The molecule has 0 unspecified atom stereocenters. The highest BCUT2D eigenvalue weighted by atomic mass is 32.2. The first-order valence-corrected chi connectivity index (χ1v) is 8.34. The molecule has 2 amide bonds. The monoisotopic (exact) mass is 321 g/mol. The number of hydrogen-bond donors (Lipinski definition) is 1. The highest BCUT2D eigenvalue weighted by Gasteiger charge is 2.13. The van der Waals surface area contributed by atoms with Gasteiger partial charge in [0.15, 0.2) is 5.82 Å². The van der Waals surface area contributed by atoms with E-state index >= 15 is 0 Å². The predicted molar refractivity (Wildman–Crippen MR) is 84.1 cm³/mol. The van der Waals surface area contributed by atoms with Crippen molar-refractivity contribution in [1.82, 2.24) is 25.3 Å². The van der Waals surface area contributed by atoms with Crippen molar-refractivity contribution in [3.05, 3.63) is 41.8 Å². The van der Waals surface area contributed by atoms with Gasteiger partial charge in [-0.2, -0.15) is 16.7 Å². The van der Waals surface area contributed by atoms with Gasteiger partial charge in [-0.15, -0.1) is 0 Å². The van der Waals surface area contributed by atoms with E-state index in [1.165, 1.54) is 0 Å². The summed E-state index contributed by atoms with van der Waals surface area (Å²) < 4.78 is 5.08. The molecule has 118 valence electrons. The highest BCUT2D eigenvalue weighted by molar-refractivity contribution is 7.97. The number of carbonyl (C=O) groups excluding carboxylic acids is 1. The van der Waals surface area contributed by atoms with Crippen molar-refractivity contribution >= 4 is 17.8 Å². The Bertz CT molecular complexity index is 590. The Labute approximate surface area is 133 Å². The summed E-state index contributed by atoms with van der Waals surface area (Å²) in [6.45, 7) is 3.30. The van der Waals surface area contributed by atoms with Crippen molar-refractivity contribution in [3.63, 3.8) is 0 Å². The molecule has 0 atom stereocenters. The molecule has 0 fully saturated rings. The van der Waals surface area contributed by atoms with Crippen LogP contribution in [0, 0.1) is 0 Å². The van der Waals surface area contributed by atoms with Crippen LogP contribution in [0.4, 0.5) is 4.79 Å². The number of urea groups is 1. The van der Waals surface area contributed by atoms with Gasteiger partial charge in [-0.05, 0) is 30.9 Å². The Hall–Kier alpha value is -2.09. The number of amides is 2. The third kappa shape index (κ3) is 4.73. The van der Waals surface area contributed by atoms with Gasteiger partial charge in [-0.1, -0.05) is 5.16 Å². The van der Waals surface area contributed by atoms with E-state index in [2.05, 4.69) is 20.4 Å². The molecule has 1 N–H and O–H groups in total. The van der Waals surface area contributed by atoms with E-state index in [-0.39, 0.29) is 12.6 Å². The van der Waals surface area contributed by atoms with E-state index in [1.54, 1.807) is 29.1 Å². The molecular formula is C14H19N5O2S. The number of carbonyl (C=O) groups is 1. The summed E-state index contributed by atoms with van der Waals surface area (Å²) in [5.74, 6) is 1.75. The number of nitrogens with zero attached hydrogens (tertiary/aromatic N) is 4. The van der Waals surface area contributed by atoms with Crippen LogP contribution in [0.1, 0.15) is 24.2 Å². The standard InChI is InChI=1S/C14H19N5O2S/c1-3-19(9-11-4-6-15-7-5-11)14(20)16-8-13-17-12(10-22-2)18-21-13/h4-7H,3,8-10H2,1-2H3,(H,16,20). The Kier molecular flexibility index (Phi) is 6.20. The van der Waals surface area contributed by atoms with Crippen LogP contribution in [0.2, 0.25) is 0 Å². The molecule has 2 heterocycles. The topological polar surface area (TPSA) is 84.2 Å². The van der Waals surface area contributed by atoms with Crippen molar-refractivity contribution < 1.29 is 9.32 Å². The molecule has 2 aromatic rings. The van der Waals surface area contributed by atoms with Gasteiger partial charge in [-0.3, -0.25) is 4.98 Å². The fourth-order valence-corrected chi connectivity index (χ4v) is 2.22. The third-order valence-electron chi connectivity index (χ3n) is 2.97. The SMILES string of the molecule is CCN(Cc1ccncc1)C(=O)NCc1nc(CSC)no1. The lowest BCUT2D eigenvalue weighted by Crippen LogP contribution is -2.39. The average molecular weight is 321 g/mol. The normalized spacial score (nSPS) is 10.5. The lowest BCUT2D eigenvalue weighted by atomic mass is 10.2. The molecule has 0 spiro atoms. The van der Waals surface area contributed by atoms with Gasteiger partial charge in [0.2, 0.25) is 5.89 Å². The number of rotatable bonds is 7. The van der Waals surface area contributed by atoms with Gasteiger partial charge in [0.25, 0.3) is 0 Å². The number of thioether (sulfide) groups is 1. The molecule has 8 heteroatoms. The zero-order chi connectivity index (χ0) is 15.8. The molecule has 0 saturated heterocycles. The molecule has 0 saturated carbocycles. The van der Waals surface area contributed by atoms with Crippen LogP contribution in [-0.2, 0) is 18.8 Å². The maximum atomic E-state index is 12.2. The lowest BCUT2D eigenvalue weighted by molar-refractivity contribution is 0.196. The molecule has 7 nitrogen and oxygen atoms in total. The smallest absolute Gasteiger partial charge is 0.318 e. The van der Waals surface area contributed by atoms with Crippen LogP contribution in [-0.4, -0.2) is 38.9 Å². The minimum Gasteiger partial charge on any atom is -0.337 e. The summed E-state index contributed by atoms with van der Waals surface area (Å²) in [6, 6.07) is 3.62. The molecule has 2 rings (SSSR count). The first kappa shape index (κ1) is 16.3. The van der Waals surface area contributed by atoms with Crippen LogP contribution in [0.3, 0.4) is 0 Å². The van der Waals surface area contributed by atoms with Crippen molar-refractivity contribution in [3.8, 4) is 0 Å². The molecule has 2 aromatic heterocycles. The van der Waals surface area contributed by atoms with Crippen LogP contribution < -0.4 is 5.32 Å². The van der Waals surface area contributed by atoms with Gasteiger partial charge in [0.1, 0.15) is 0 Å². The summed E-state index contributed by atoms with van der Waals surface area (Å²) in [4.78, 5) is 22.1. The summed E-state index contributed by atoms with van der Waals surface area (Å²) in [5, 5.41) is 6.63.